The van der Waals surface area contributed by atoms with Gasteiger partial charge in [0.15, 0.2) is 0 Å². The maximum atomic E-state index is 12.7. The van der Waals surface area contributed by atoms with E-state index in [9.17, 15) is 4.39 Å². The molecule has 0 amide bonds. The molecule has 0 atom stereocenters. The van der Waals surface area contributed by atoms with E-state index in [0.717, 1.165) is 5.39 Å². The van der Waals surface area contributed by atoms with Gasteiger partial charge in [-0.15, -0.1) is 0 Å². The summed E-state index contributed by atoms with van der Waals surface area (Å²) in [5, 5.41) is 4.82. The Balaban J connectivity index is 2.87. The Bertz CT molecular complexity index is 433. The molecule has 0 bridgehead atoms. The highest BCUT2D eigenvalue weighted by Crippen LogP contribution is 2.19. The molecule has 3 nitrogen and oxygen atoms in total. The zero-order chi connectivity index (χ0) is 8.72. The number of benzene rings is 1. The molecule has 0 saturated carbocycles. The van der Waals surface area contributed by atoms with E-state index in [1.807, 2.05) is 0 Å². The number of aryl methyl sites for hydroxylation is 1. The van der Waals surface area contributed by atoms with E-state index in [1.165, 1.54) is 16.8 Å². The van der Waals surface area contributed by atoms with Crippen LogP contribution >= 0.6 is 0 Å². The second-order valence-electron chi connectivity index (χ2n) is 2.67. The molecule has 2 N–H and O–H groups in total. The summed E-state index contributed by atoms with van der Waals surface area (Å²) in [6, 6.07) is 4.37. The predicted molar refractivity (Wildman–Crippen MR) is 45.1 cm³/mol. The quantitative estimate of drug-likeness (QED) is 0.639. The Morgan fingerprint density at radius 1 is 1.50 bits per heavy atom. The third-order valence-corrected chi connectivity index (χ3v) is 1.84. The monoisotopic (exact) mass is 165 g/mol. The van der Waals surface area contributed by atoms with Crippen LogP contribution < -0.4 is 5.73 Å². The number of halogens is 1. The van der Waals surface area contributed by atoms with Crippen LogP contribution in [0.4, 0.5) is 10.2 Å². The molecule has 0 unspecified atom stereocenters. The van der Waals surface area contributed by atoms with Gasteiger partial charge in [0.1, 0.15) is 11.6 Å². The smallest absolute Gasteiger partial charge is 0.129 e. The van der Waals surface area contributed by atoms with Crippen LogP contribution in [0.15, 0.2) is 18.2 Å². The fourth-order valence-corrected chi connectivity index (χ4v) is 1.19. The van der Waals surface area contributed by atoms with Crippen molar-refractivity contribution in [3.8, 4) is 0 Å². The van der Waals surface area contributed by atoms with Gasteiger partial charge in [0, 0.05) is 18.5 Å². The first-order valence-electron chi connectivity index (χ1n) is 3.56. The van der Waals surface area contributed by atoms with Gasteiger partial charge in [-0.05, 0) is 12.1 Å². The summed E-state index contributed by atoms with van der Waals surface area (Å²) in [6.07, 6.45) is 0. The fourth-order valence-electron chi connectivity index (χ4n) is 1.19. The standard InChI is InChI=1S/C8H8FN3/c1-12-8(10)6-3-2-5(9)4-7(6)11-12/h2-4H,10H2,1H3. The molecule has 0 aliphatic heterocycles. The van der Waals surface area contributed by atoms with Crippen molar-refractivity contribution in [1.29, 1.82) is 0 Å². The lowest BCUT2D eigenvalue weighted by Crippen LogP contribution is -1.96. The van der Waals surface area contributed by atoms with Crippen molar-refractivity contribution in [1.82, 2.24) is 9.78 Å². The van der Waals surface area contributed by atoms with Crippen LogP contribution in [-0.2, 0) is 7.05 Å². The minimum absolute atomic E-state index is 0.291. The first-order chi connectivity index (χ1) is 5.68. The summed E-state index contributed by atoms with van der Waals surface area (Å²) in [7, 11) is 1.73. The number of rotatable bonds is 0. The number of nitrogen functional groups attached to an aromatic ring is 1. The maximum Gasteiger partial charge on any atom is 0.129 e. The largest absolute Gasteiger partial charge is 0.383 e. The van der Waals surface area contributed by atoms with E-state index in [-0.39, 0.29) is 5.82 Å². The zero-order valence-corrected chi connectivity index (χ0v) is 6.58. The normalized spacial score (nSPS) is 10.8. The van der Waals surface area contributed by atoms with Crippen molar-refractivity contribution in [3.05, 3.63) is 24.0 Å². The average molecular weight is 165 g/mol. The Morgan fingerprint density at radius 3 is 3.00 bits per heavy atom. The van der Waals surface area contributed by atoms with E-state index in [4.69, 9.17) is 5.73 Å². The molecular weight excluding hydrogens is 157 g/mol. The highest BCUT2D eigenvalue weighted by molar-refractivity contribution is 5.88. The number of anilines is 1. The number of hydrogen-bond donors (Lipinski definition) is 1. The number of nitrogens with zero attached hydrogens (tertiary/aromatic N) is 2. The molecule has 0 spiro atoms. The summed E-state index contributed by atoms with van der Waals surface area (Å²) in [5.74, 6) is 0.269. The molecule has 0 aliphatic rings. The van der Waals surface area contributed by atoms with Gasteiger partial charge in [-0.3, -0.25) is 4.68 Å². The number of hydrogen-bond acceptors (Lipinski definition) is 2. The molecular formula is C8H8FN3. The highest BCUT2D eigenvalue weighted by atomic mass is 19.1. The van der Waals surface area contributed by atoms with Crippen LogP contribution in [0.5, 0.6) is 0 Å². The first kappa shape index (κ1) is 7.09. The van der Waals surface area contributed by atoms with Gasteiger partial charge in [-0.25, -0.2) is 4.39 Å². The van der Waals surface area contributed by atoms with Crippen molar-refractivity contribution < 1.29 is 4.39 Å². The van der Waals surface area contributed by atoms with Crippen molar-refractivity contribution in [2.45, 2.75) is 0 Å². The SMILES string of the molecule is Cn1nc2cc(F)ccc2c1N. The highest BCUT2D eigenvalue weighted by Gasteiger charge is 2.04. The van der Waals surface area contributed by atoms with Gasteiger partial charge in [-0.1, -0.05) is 0 Å². The van der Waals surface area contributed by atoms with Crippen LogP contribution in [-0.4, -0.2) is 9.78 Å². The molecule has 0 saturated heterocycles. The van der Waals surface area contributed by atoms with Gasteiger partial charge < -0.3 is 5.73 Å². The average Bonchev–Trinajstić information content (AvgIpc) is 2.28. The maximum absolute atomic E-state index is 12.7. The third-order valence-electron chi connectivity index (χ3n) is 1.84. The molecule has 0 fully saturated rings. The summed E-state index contributed by atoms with van der Waals surface area (Å²) in [4.78, 5) is 0. The minimum Gasteiger partial charge on any atom is -0.383 e. The lowest BCUT2D eigenvalue weighted by atomic mass is 10.2. The van der Waals surface area contributed by atoms with Crippen LogP contribution in [0.1, 0.15) is 0 Å². The topological polar surface area (TPSA) is 43.8 Å². The summed E-state index contributed by atoms with van der Waals surface area (Å²) < 4.78 is 14.2. The molecule has 1 aromatic heterocycles. The van der Waals surface area contributed by atoms with Gasteiger partial charge in [0.05, 0.1) is 5.52 Å². The Hall–Kier alpha value is -1.58. The van der Waals surface area contributed by atoms with Crippen LogP contribution in [0, 0.1) is 5.82 Å². The summed E-state index contributed by atoms with van der Waals surface area (Å²) in [6.45, 7) is 0. The minimum atomic E-state index is -0.291. The van der Waals surface area contributed by atoms with E-state index in [0.29, 0.717) is 11.3 Å². The van der Waals surface area contributed by atoms with Gasteiger partial charge in [-0.2, -0.15) is 5.10 Å². The second-order valence-corrected chi connectivity index (χ2v) is 2.67. The molecule has 62 valence electrons. The molecule has 2 rings (SSSR count). The Kier molecular flexibility index (Phi) is 1.30. The van der Waals surface area contributed by atoms with E-state index in [1.54, 1.807) is 13.1 Å². The number of nitrogens with two attached hydrogens (primary N) is 1. The van der Waals surface area contributed by atoms with E-state index in [2.05, 4.69) is 5.10 Å². The number of fused-ring (bicyclic) bond motifs is 1. The lowest BCUT2D eigenvalue weighted by Gasteiger charge is -1.90. The Labute approximate surface area is 68.6 Å². The summed E-state index contributed by atoms with van der Waals surface area (Å²) in [5.41, 5.74) is 6.26. The molecule has 0 radical (unpaired) electrons. The van der Waals surface area contributed by atoms with Gasteiger partial charge in [0.25, 0.3) is 0 Å². The molecule has 1 aromatic carbocycles. The first-order valence-corrected chi connectivity index (χ1v) is 3.56. The van der Waals surface area contributed by atoms with E-state index >= 15 is 0 Å². The zero-order valence-electron chi connectivity index (χ0n) is 6.58. The van der Waals surface area contributed by atoms with Crippen LogP contribution in [0.3, 0.4) is 0 Å². The second kappa shape index (κ2) is 2.20. The molecule has 1 heterocycles. The summed E-state index contributed by atoms with van der Waals surface area (Å²) >= 11 is 0. The van der Waals surface area contributed by atoms with Crippen molar-refractivity contribution in [2.24, 2.45) is 7.05 Å². The molecule has 2 aromatic rings. The third kappa shape index (κ3) is 0.845. The lowest BCUT2D eigenvalue weighted by molar-refractivity contribution is 0.629. The van der Waals surface area contributed by atoms with Crippen molar-refractivity contribution in [2.75, 3.05) is 5.73 Å². The number of aromatic nitrogens is 2. The Morgan fingerprint density at radius 2 is 2.25 bits per heavy atom. The van der Waals surface area contributed by atoms with Gasteiger partial charge >= 0.3 is 0 Å². The molecule has 12 heavy (non-hydrogen) atoms. The van der Waals surface area contributed by atoms with Crippen molar-refractivity contribution >= 4 is 16.7 Å². The van der Waals surface area contributed by atoms with E-state index < -0.39 is 0 Å². The fraction of sp³-hybridized carbons (Fsp3) is 0.125. The predicted octanol–water partition coefficient (Wildman–Crippen LogP) is 1.29. The molecule has 4 heteroatoms. The van der Waals surface area contributed by atoms with Crippen LogP contribution in [0.25, 0.3) is 10.9 Å². The molecule has 0 aliphatic carbocycles. The van der Waals surface area contributed by atoms with Gasteiger partial charge in [0.2, 0.25) is 0 Å². The van der Waals surface area contributed by atoms with Crippen LogP contribution in [0.2, 0.25) is 0 Å². The van der Waals surface area contributed by atoms with Crippen molar-refractivity contribution in [3.63, 3.8) is 0 Å².